The second-order valence-electron chi connectivity index (χ2n) is 9.41. The summed E-state index contributed by atoms with van der Waals surface area (Å²) in [6.07, 6.45) is -0.111. The smallest absolute Gasteiger partial charge is 0.265 e. The molecule has 37 heavy (non-hydrogen) atoms. The average Bonchev–Trinajstić information content (AvgIpc) is 3.17. The lowest BCUT2D eigenvalue weighted by Crippen LogP contribution is -2.42. The van der Waals surface area contributed by atoms with Crippen molar-refractivity contribution in [1.29, 1.82) is 0 Å². The second kappa shape index (κ2) is 12.7. The SMILES string of the molecule is C=C1Cc2ccc(NC(=O)CO/N=C(/[C@@H](OC)C(C)C)[C@@H](O)[C@@H](C)O)cc2/C1=C\c1ccc(OC)cc1. The van der Waals surface area contributed by atoms with Crippen LogP contribution in [-0.4, -0.2) is 61.0 Å². The number of anilines is 1. The molecule has 0 aliphatic heterocycles. The van der Waals surface area contributed by atoms with Gasteiger partial charge in [0.1, 0.15) is 23.7 Å². The van der Waals surface area contributed by atoms with Crippen LogP contribution in [0.3, 0.4) is 0 Å². The first kappa shape index (κ1) is 28.1. The number of hydrogen-bond acceptors (Lipinski definition) is 7. The van der Waals surface area contributed by atoms with Crippen molar-refractivity contribution in [2.45, 2.75) is 45.5 Å². The Bertz CT molecular complexity index is 1170. The monoisotopic (exact) mass is 508 g/mol. The molecule has 1 aliphatic carbocycles. The number of benzene rings is 2. The largest absolute Gasteiger partial charge is 0.497 e. The molecule has 0 spiro atoms. The molecule has 0 unspecified atom stereocenters. The summed E-state index contributed by atoms with van der Waals surface area (Å²) in [5.41, 5.74) is 5.95. The third-order valence-corrected chi connectivity index (χ3v) is 6.17. The van der Waals surface area contributed by atoms with E-state index in [1.807, 2.05) is 56.3 Å². The molecule has 3 N–H and O–H groups in total. The van der Waals surface area contributed by atoms with Gasteiger partial charge < -0.3 is 29.8 Å². The maximum atomic E-state index is 12.6. The van der Waals surface area contributed by atoms with E-state index in [9.17, 15) is 15.0 Å². The number of amides is 1. The number of carbonyl (C=O) groups is 1. The molecule has 0 aromatic heterocycles. The standard InChI is InChI=1S/C29H36N2O6/c1-17(2)29(36-6)27(28(34)19(4)32)31-37-16-26(33)30-22-10-9-21-13-18(3)24(25(21)15-22)14-20-7-11-23(35-5)12-8-20/h7-12,14-15,17,19,28-29,32,34H,3,13,16H2,1-2,4-6H3,(H,30,33)/b24-14-,31-27+/t19-,28+,29+/m1/s1. The van der Waals surface area contributed by atoms with Gasteiger partial charge >= 0.3 is 0 Å². The van der Waals surface area contributed by atoms with E-state index >= 15 is 0 Å². The third-order valence-electron chi connectivity index (χ3n) is 6.17. The van der Waals surface area contributed by atoms with Gasteiger partial charge in [-0.1, -0.05) is 43.8 Å². The summed E-state index contributed by atoms with van der Waals surface area (Å²) in [7, 11) is 3.12. The fraction of sp³-hybridized carbons (Fsp3) is 0.379. The van der Waals surface area contributed by atoms with Gasteiger partial charge in [0.15, 0.2) is 6.61 Å². The number of fused-ring (bicyclic) bond motifs is 1. The van der Waals surface area contributed by atoms with Gasteiger partial charge in [0.05, 0.1) is 13.2 Å². The van der Waals surface area contributed by atoms with Crippen LogP contribution >= 0.6 is 0 Å². The predicted octanol–water partition coefficient (Wildman–Crippen LogP) is 4.07. The number of aliphatic hydroxyl groups is 2. The van der Waals surface area contributed by atoms with E-state index < -0.39 is 24.2 Å². The van der Waals surface area contributed by atoms with Gasteiger partial charge in [-0.05, 0) is 77.4 Å². The minimum Gasteiger partial charge on any atom is -0.497 e. The van der Waals surface area contributed by atoms with Gasteiger partial charge in [-0.25, -0.2) is 0 Å². The lowest BCUT2D eigenvalue weighted by molar-refractivity contribution is -0.120. The molecule has 3 rings (SSSR count). The Hall–Kier alpha value is -3.46. The highest BCUT2D eigenvalue weighted by Crippen LogP contribution is 2.38. The highest BCUT2D eigenvalue weighted by Gasteiger charge is 2.30. The Morgan fingerprint density at radius 2 is 1.84 bits per heavy atom. The first-order valence-corrected chi connectivity index (χ1v) is 12.2. The maximum absolute atomic E-state index is 12.6. The molecule has 3 atom stereocenters. The molecule has 0 bridgehead atoms. The summed E-state index contributed by atoms with van der Waals surface area (Å²) in [5, 5.41) is 26.9. The predicted molar refractivity (Wildman–Crippen MR) is 145 cm³/mol. The zero-order chi connectivity index (χ0) is 27.1. The second-order valence-corrected chi connectivity index (χ2v) is 9.41. The zero-order valence-electron chi connectivity index (χ0n) is 22.0. The first-order chi connectivity index (χ1) is 17.6. The summed E-state index contributed by atoms with van der Waals surface area (Å²) in [5.74, 6) is 0.348. The molecule has 1 amide bonds. The van der Waals surface area contributed by atoms with Crippen molar-refractivity contribution in [3.8, 4) is 5.75 Å². The summed E-state index contributed by atoms with van der Waals surface area (Å²) >= 11 is 0. The van der Waals surface area contributed by atoms with Gasteiger partial charge in [-0.15, -0.1) is 0 Å². The van der Waals surface area contributed by atoms with Crippen LogP contribution in [-0.2, 0) is 20.8 Å². The molecule has 0 saturated carbocycles. The van der Waals surface area contributed by atoms with E-state index in [1.165, 1.54) is 14.0 Å². The van der Waals surface area contributed by atoms with E-state index in [4.69, 9.17) is 14.3 Å². The van der Waals surface area contributed by atoms with Crippen molar-refractivity contribution < 1.29 is 29.3 Å². The molecule has 0 fully saturated rings. The fourth-order valence-corrected chi connectivity index (χ4v) is 4.24. The molecule has 0 radical (unpaired) electrons. The number of methoxy groups -OCH3 is 2. The Balaban J connectivity index is 1.72. The van der Waals surface area contributed by atoms with Gasteiger partial charge in [0.2, 0.25) is 0 Å². The molecular formula is C29H36N2O6. The van der Waals surface area contributed by atoms with Gasteiger partial charge in [0.25, 0.3) is 5.91 Å². The van der Waals surface area contributed by atoms with Crippen LogP contribution in [0.5, 0.6) is 5.75 Å². The molecular weight excluding hydrogens is 472 g/mol. The number of ether oxygens (including phenoxy) is 2. The quantitative estimate of drug-likeness (QED) is 0.312. The van der Waals surface area contributed by atoms with Crippen molar-refractivity contribution in [2.75, 3.05) is 26.1 Å². The minimum atomic E-state index is -1.28. The molecule has 0 heterocycles. The Kier molecular flexibility index (Phi) is 9.63. The normalized spacial score (nSPS) is 16.9. The van der Waals surface area contributed by atoms with E-state index in [2.05, 4.69) is 23.1 Å². The van der Waals surface area contributed by atoms with Crippen LogP contribution in [0.15, 0.2) is 59.8 Å². The summed E-state index contributed by atoms with van der Waals surface area (Å²) in [6.45, 7) is 9.08. The van der Waals surface area contributed by atoms with Crippen LogP contribution in [0, 0.1) is 5.92 Å². The van der Waals surface area contributed by atoms with Gasteiger partial charge in [-0.3, -0.25) is 4.79 Å². The molecule has 2 aromatic carbocycles. The highest BCUT2D eigenvalue weighted by molar-refractivity contribution is 5.98. The maximum Gasteiger partial charge on any atom is 0.265 e. The molecule has 8 nitrogen and oxygen atoms in total. The van der Waals surface area contributed by atoms with E-state index in [0.717, 1.165) is 40.0 Å². The molecule has 0 saturated heterocycles. The number of nitrogens with one attached hydrogen (secondary N) is 1. The van der Waals surface area contributed by atoms with Crippen LogP contribution in [0.4, 0.5) is 5.69 Å². The average molecular weight is 509 g/mol. The molecule has 2 aromatic rings. The van der Waals surface area contributed by atoms with Crippen molar-refractivity contribution in [3.63, 3.8) is 0 Å². The number of carbonyl (C=O) groups excluding carboxylic acids is 1. The lowest BCUT2D eigenvalue weighted by Gasteiger charge is -2.25. The van der Waals surface area contributed by atoms with E-state index in [0.29, 0.717) is 5.69 Å². The van der Waals surface area contributed by atoms with Gasteiger partial charge in [0, 0.05) is 12.8 Å². The van der Waals surface area contributed by atoms with Crippen molar-refractivity contribution >= 4 is 29.0 Å². The molecule has 1 aliphatic rings. The van der Waals surface area contributed by atoms with Crippen molar-refractivity contribution in [3.05, 3.63) is 71.3 Å². The number of allylic oxidation sites excluding steroid dienone is 2. The van der Waals surface area contributed by atoms with Crippen LogP contribution < -0.4 is 10.1 Å². The number of oxime groups is 1. The summed E-state index contributed by atoms with van der Waals surface area (Å²) in [6, 6.07) is 13.5. The fourth-order valence-electron chi connectivity index (χ4n) is 4.24. The molecule has 8 heteroatoms. The van der Waals surface area contributed by atoms with Crippen molar-refractivity contribution in [1.82, 2.24) is 0 Å². The number of hydrogen-bond donors (Lipinski definition) is 3. The zero-order valence-corrected chi connectivity index (χ0v) is 22.0. The summed E-state index contributed by atoms with van der Waals surface area (Å²) < 4.78 is 10.6. The Morgan fingerprint density at radius 3 is 2.43 bits per heavy atom. The minimum absolute atomic E-state index is 0.0316. The number of nitrogens with zero attached hydrogens (tertiary/aromatic N) is 1. The van der Waals surface area contributed by atoms with Crippen molar-refractivity contribution in [2.24, 2.45) is 11.1 Å². The van der Waals surface area contributed by atoms with E-state index in [1.54, 1.807) is 7.11 Å². The van der Waals surface area contributed by atoms with Crippen LogP contribution in [0.1, 0.15) is 37.5 Å². The topological polar surface area (TPSA) is 110 Å². The Labute approximate surface area is 218 Å². The Morgan fingerprint density at radius 1 is 1.14 bits per heavy atom. The third kappa shape index (κ3) is 7.07. The first-order valence-electron chi connectivity index (χ1n) is 12.2. The van der Waals surface area contributed by atoms with Crippen LogP contribution in [0.2, 0.25) is 0 Å². The lowest BCUT2D eigenvalue weighted by atomic mass is 9.96. The highest BCUT2D eigenvalue weighted by atomic mass is 16.6. The van der Waals surface area contributed by atoms with Crippen LogP contribution in [0.25, 0.3) is 11.6 Å². The molecule has 198 valence electrons. The van der Waals surface area contributed by atoms with Gasteiger partial charge in [-0.2, -0.15) is 0 Å². The summed E-state index contributed by atoms with van der Waals surface area (Å²) in [4.78, 5) is 17.8. The number of aliphatic hydroxyl groups excluding tert-OH is 2. The van der Waals surface area contributed by atoms with E-state index in [-0.39, 0.29) is 18.2 Å². The number of rotatable bonds is 11.